The first-order chi connectivity index (χ1) is 11.2. The van der Waals surface area contributed by atoms with Gasteiger partial charge in [-0.2, -0.15) is 4.72 Å². The van der Waals surface area contributed by atoms with E-state index in [0.29, 0.717) is 15.8 Å². The summed E-state index contributed by atoms with van der Waals surface area (Å²) in [5, 5.41) is -0.232. The van der Waals surface area contributed by atoms with Gasteiger partial charge < -0.3 is 0 Å². The molecule has 0 aliphatic rings. The summed E-state index contributed by atoms with van der Waals surface area (Å²) in [7, 11) is -4.06. The van der Waals surface area contributed by atoms with E-state index in [9.17, 15) is 18.0 Å². The molecule has 0 saturated carbocycles. The molecule has 128 valence electrons. The quantitative estimate of drug-likeness (QED) is 0.712. The predicted octanol–water partition coefficient (Wildman–Crippen LogP) is 3.45. The zero-order chi connectivity index (χ0) is 17.9. The molecule has 0 amide bonds. The monoisotopic (exact) mass is 407 g/mol. The van der Waals surface area contributed by atoms with Gasteiger partial charge in [0.25, 0.3) is 0 Å². The van der Waals surface area contributed by atoms with Gasteiger partial charge in [-0.25, -0.2) is 8.42 Å². The van der Waals surface area contributed by atoms with E-state index in [2.05, 4.69) is 4.72 Å². The van der Waals surface area contributed by atoms with Crippen LogP contribution >= 0.6 is 34.8 Å². The molecule has 0 aliphatic heterocycles. The molecule has 1 unspecified atom stereocenters. The molecule has 1 N–H and O–H groups in total. The Hall–Kier alpha value is -1.18. The highest BCUT2D eigenvalue weighted by Crippen LogP contribution is 2.29. The maximum absolute atomic E-state index is 12.6. The van der Waals surface area contributed by atoms with Gasteiger partial charge in [-0.1, -0.05) is 35.9 Å². The molecule has 1 atom stereocenters. The number of halogens is 3. The highest BCUT2D eigenvalue weighted by atomic mass is 35.5. The molecular weight excluding hydrogens is 397 g/mol. The average molecular weight is 409 g/mol. The van der Waals surface area contributed by atoms with Crippen molar-refractivity contribution < 1.29 is 18.0 Å². The molecule has 2 rings (SSSR count). The maximum Gasteiger partial charge on any atom is 0.241 e. The van der Waals surface area contributed by atoms with Crippen molar-refractivity contribution in [2.24, 2.45) is 0 Å². The summed E-state index contributed by atoms with van der Waals surface area (Å²) in [6.07, 6.45) is -0.315. The minimum atomic E-state index is -4.06. The molecule has 0 radical (unpaired) electrons. The number of sulfonamides is 1. The van der Waals surface area contributed by atoms with Crippen LogP contribution in [0.25, 0.3) is 10.8 Å². The molecule has 0 saturated heterocycles. The Morgan fingerprint density at radius 3 is 2.25 bits per heavy atom. The number of fused-ring (bicyclic) bond motifs is 1. The van der Waals surface area contributed by atoms with Crippen molar-refractivity contribution in [1.29, 1.82) is 0 Å². The highest BCUT2D eigenvalue weighted by Gasteiger charge is 2.26. The normalized spacial score (nSPS) is 13.0. The van der Waals surface area contributed by atoms with Crippen molar-refractivity contribution in [2.75, 3.05) is 0 Å². The van der Waals surface area contributed by atoms with Gasteiger partial charge in [0.15, 0.2) is 0 Å². The predicted molar refractivity (Wildman–Crippen MR) is 94.0 cm³/mol. The van der Waals surface area contributed by atoms with Crippen LogP contribution in [0.4, 0.5) is 0 Å². The van der Waals surface area contributed by atoms with Crippen molar-refractivity contribution in [3.05, 3.63) is 41.4 Å². The van der Waals surface area contributed by atoms with Crippen LogP contribution in [0.1, 0.15) is 12.8 Å². The molecule has 24 heavy (non-hydrogen) atoms. The first-order valence-electron chi connectivity index (χ1n) is 6.79. The number of hydrogen-bond acceptors (Lipinski definition) is 4. The molecular formula is C15H12Cl3NO4S. The topological polar surface area (TPSA) is 80.3 Å². The van der Waals surface area contributed by atoms with Gasteiger partial charge in [-0.15, -0.1) is 0 Å². The van der Waals surface area contributed by atoms with Crippen molar-refractivity contribution in [2.45, 2.75) is 23.8 Å². The maximum atomic E-state index is 12.6. The molecule has 0 fully saturated rings. The molecule has 2 aromatic rings. The van der Waals surface area contributed by atoms with Crippen LogP contribution < -0.4 is 4.72 Å². The lowest BCUT2D eigenvalue weighted by Crippen LogP contribution is -2.39. The fourth-order valence-corrected chi connectivity index (χ4v) is 4.20. The van der Waals surface area contributed by atoms with E-state index in [-0.39, 0.29) is 17.7 Å². The number of carbonyl (C=O) groups excluding carboxylic acids is 2. The summed E-state index contributed by atoms with van der Waals surface area (Å²) in [6.45, 7) is 0. The van der Waals surface area contributed by atoms with Crippen LogP contribution in [0.2, 0.25) is 5.02 Å². The van der Waals surface area contributed by atoms with Gasteiger partial charge in [0.2, 0.25) is 20.5 Å². The van der Waals surface area contributed by atoms with Gasteiger partial charge in [-0.05, 0) is 41.8 Å². The second-order valence-electron chi connectivity index (χ2n) is 4.96. The van der Waals surface area contributed by atoms with E-state index in [1.165, 1.54) is 12.1 Å². The molecule has 0 aromatic heterocycles. The third-order valence-corrected chi connectivity index (χ3v) is 5.63. The standard InChI is InChI=1S/C15H12Cl3NO4S/c16-11-5-7-13(10-4-2-1-3-9(10)11)24(22,23)19-12(15(18)21)6-8-14(17)20/h1-5,7,12,19H,6,8H2. The van der Waals surface area contributed by atoms with E-state index < -0.39 is 26.5 Å². The Morgan fingerprint density at radius 1 is 1.04 bits per heavy atom. The third-order valence-electron chi connectivity index (χ3n) is 3.32. The van der Waals surface area contributed by atoms with Crippen LogP contribution in [-0.4, -0.2) is 24.9 Å². The zero-order valence-corrected chi connectivity index (χ0v) is 15.2. The summed E-state index contributed by atoms with van der Waals surface area (Å²) in [6, 6.07) is 8.24. The SMILES string of the molecule is O=C(Cl)CCC(NS(=O)(=O)c1ccc(Cl)c2ccccc12)C(=O)Cl. The molecule has 0 aliphatic carbocycles. The Labute approximate surface area is 153 Å². The lowest BCUT2D eigenvalue weighted by molar-refractivity contribution is -0.114. The first-order valence-corrected chi connectivity index (χ1v) is 9.41. The molecule has 5 nitrogen and oxygen atoms in total. The fraction of sp³-hybridized carbons (Fsp3) is 0.200. The average Bonchev–Trinajstić information content (AvgIpc) is 2.51. The van der Waals surface area contributed by atoms with Crippen LogP contribution in [-0.2, 0) is 19.6 Å². The number of hydrogen-bond donors (Lipinski definition) is 1. The molecule has 2 aromatic carbocycles. The Morgan fingerprint density at radius 2 is 1.67 bits per heavy atom. The third kappa shape index (κ3) is 4.46. The summed E-state index contributed by atoms with van der Waals surface area (Å²) in [5.74, 6) is 0. The molecule has 0 heterocycles. The van der Waals surface area contributed by atoms with Crippen LogP contribution in [0.3, 0.4) is 0 Å². The van der Waals surface area contributed by atoms with Crippen LogP contribution in [0, 0.1) is 0 Å². The van der Waals surface area contributed by atoms with E-state index in [4.69, 9.17) is 34.8 Å². The Balaban J connectivity index is 2.41. The summed E-state index contributed by atoms with van der Waals surface area (Å²) in [4.78, 5) is 22.2. The van der Waals surface area contributed by atoms with Gasteiger partial charge in [-0.3, -0.25) is 9.59 Å². The summed E-state index contributed by atoms with van der Waals surface area (Å²) < 4.78 is 27.5. The van der Waals surface area contributed by atoms with E-state index >= 15 is 0 Å². The Kier molecular flexibility index (Phi) is 6.22. The Bertz CT molecular complexity index is 899. The number of carbonyl (C=O) groups is 2. The lowest BCUT2D eigenvalue weighted by atomic mass is 10.1. The van der Waals surface area contributed by atoms with Gasteiger partial charge in [0.05, 0.1) is 10.9 Å². The van der Waals surface area contributed by atoms with Crippen LogP contribution in [0.5, 0.6) is 0 Å². The van der Waals surface area contributed by atoms with E-state index in [1.807, 2.05) is 0 Å². The molecule has 0 bridgehead atoms. The smallest absolute Gasteiger partial charge is 0.241 e. The largest absolute Gasteiger partial charge is 0.281 e. The minimum absolute atomic E-state index is 0.0392. The minimum Gasteiger partial charge on any atom is -0.281 e. The van der Waals surface area contributed by atoms with Gasteiger partial charge >= 0.3 is 0 Å². The fourth-order valence-electron chi connectivity index (χ4n) is 2.20. The first kappa shape index (κ1) is 19.1. The van der Waals surface area contributed by atoms with Crippen molar-refractivity contribution in [1.82, 2.24) is 4.72 Å². The van der Waals surface area contributed by atoms with Gasteiger partial charge in [0, 0.05) is 22.2 Å². The van der Waals surface area contributed by atoms with Crippen LogP contribution in [0.15, 0.2) is 41.3 Å². The highest BCUT2D eigenvalue weighted by molar-refractivity contribution is 7.89. The van der Waals surface area contributed by atoms with Crippen molar-refractivity contribution >= 4 is 66.1 Å². The van der Waals surface area contributed by atoms with E-state index in [0.717, 1.165) is 0 Å². The van der Waals surface area contributed by atoms with Crippen molar-refractivity contribution in [3.8, 4) is 0 Å². The molecule has 9 heteroatoms. The van der Waals surface area contributed by atoms with E-state index in [1.54, 1.807) is 24.3 Å². The zero-order valence-electron chi connectivity index (χ0n) is 12.1. The van der Waals surface area contributed by atoms with Gasteiger partial charge in [0.1, 0.15) is 0 Å². The second-order valence-corrected chi connectivity index (χ2v) is 7.85. The second kappa shape index (κ2) is 7.80. The van der Waals surface area contributed by atoms with Crippen molar-refractivity contribution in [3.63, 3.8) is 0 Å². The number of benzene rings is 2. The molecule has 0 spiro atoms. The lowest BCUT2D eigenvalue weighted by Gasteiger charge is -2.15. The summed E-state index contributed by atoms with van der Waals surface area (Å²) in [5.41, 5.74) is 0. The number of nitrogens with one attached hydrogen (secondary N) is 1. The summed E-state index contributed by atoms with van der Waals surface area (Å²) >= 11 is 16.7. The number of rotatable bonds is 7.